The molecule has 0 bridgehead atoms. The summed E-state index contributed by atoms with van der Waals surface area (Å²) in [5.74, 6) is 1.04. The number of rotatable bonds is 3. The summed E-state index contributed by atoms with van der Waals surface area (Å²) in [6.45, 7) is 1.13. The molecule has 4 nitrogen and oxygen atoms in total. The van der Waals surface area contributed by atoms with Crippen molar-refractivity contribution in [3.05, 3.63) is 42.5 Å². The molecule has 1 N–H and O–H groups in total. The summed E-state index contributed by atoms with van der Waals surface area (Å²) in [5, 5.41) is 11.7. The highest BCUT2D eigenvalue weighted by atomic mass is 15.3. The highest BCUT2D eigenvalue weighted by molar-refractivity contribution is 5.32. The maximum atomic E-state index is 4.23. The lowest BCUT2D eigenvalue weighted by atomic mass is 10.1. The van der Waals surface area contributed by atoms with Gasteiger partial charge in [-0.25, -0.2) is 0 Å². The molecule has 1 atom stereocenters. The zero-order valence-corrected chi connectivity index (χ0v) is 9.71. The quantitative estimate of drug-likeness (QED) is 0.867. The maximum Gasteiger partial charge on any atom is 0.138 e. The minimum absolute atomic E-state index is 0.557. The molecule has 2 aromatic rings. The van der Waals surface area contributed by atoms with E-state index in [2.05, 4.69) is 32.2 Å². The third-order valence-electron chi connectivity index (χ3n) is 3.24. The van der Waals surface area contributed by atoms with Gasteiger partial charge in [0.15, 0.2) is 0 Å². The average Bonchev–Trinajstić information content (AvgIpc) is 3.02. The van der Waals surface area contributed by atoms with Crippen molar-refractivity contribution in [1.29, 1.82) is 0 Å². The third kappa shape index (κ3) is 2.22. The van der Waals surface area contributed by atoms with E-state index in [9.17, 15) is 0 Å². The minimum Gasteiger partial charge on any atom is -0.314 e. The van der Waals surface area contributed by atoms with Crippen LogP contribution < -0.4 is 5.32 Å². The van der Waals surface area contributed by atoms with E-state index < -0.39 is 0 Å². The Morgan fingerprint density at radius 2 is 2.18 bits per heavy atom. The van der Waals surface area contributed by atoms with E-state index in [0.717, 1.165) is 24.5 Å². The first-order valence-corrected chi connectivity index (χ1v) is 6.11. The number of hydrogen-bond acceptors (Lipinski definition) is 3. The van der Waals surface area contributed by atoms with Crippen LogP contribution in [0.15, 0.2) is 36.7 Å². The molecule has 0 aliphatic carbocycles. The third-order valence-corrected chi connectivity index (χ3v) is 3.24. The SMILES string of the molecule is c1ccc(-n2cnnc2CC2CCCN2)cc1. The molecule has 1 aliphatic rings. The van der Waals surface area contributed by atoms with Crippen molar-refractivity contribution in [1.82, 2.24) is 20.1 Å². The highest BCUT2D eigenvalue weighted by Crippen LogP contribution is 2.14. The minimum atomic E-state index is 0.557. The predicted octanol–water partition coefficient (Wildman–Crippen LogP) is 1.56. The van der Waals surface area contributed by atoms with E-state index in [1.54, 1.807) is 6.33 Å². The van der Waals surface area contributed by atoms with Crippen LogP contribution in [0.1, 0.15) is 18.7 Å². The summed E-state index contributed by atoms with van der Waals surface area (Å²) in [4.78, 5) is 0. The van der Waals surface area contributed by atoms with Crippen molar-refractivity contribution in [3.63, 3.8) is 0 Å². The fourth-order valence-electron chi connectivity index (χ4n) is 2.35. The van der Waals surface area contributed by atoms with Crippen molar-refractivity contribution < 1.29 is 0 Å². The zero-order valence-electron chi connectivity index (χ0n) is 9.71. The van der Waals surface area contributed by atoms with Gasteiger partial charge >= 0.3 is 0 Å². The molecular formula is C13H16N4. The smallest absolute Gasteiger partial charge is 0.138 e. The largest absolute Gasteiger partial charge is 0.314 e. The van der Waals surface area contributed by atoms with Gasteiger partial charge in [0.1, 0.15) is 12.2 Å². The molecule has 1 aromatic carbocycles. The van der Waals surface area contributed by atoms with Crippen LogP contribution in [-0.2, 0) is 6.42 Å². The van der Waals surface area contributed by atoms with Gasteiger partial charge in [0, 0.05) is 18.2 Å². The summed E-state index contributed by atoms with van der Waals surface area (Å²) < 4.78 is 2.07. The molecular weight excluding hydrogens is 212 g/mol. The van der Waals surface area contributed by atoms with Crippen molar-refractivity contribution >= 4 is 0 Å². The number of para-hydroxylation sites is 1. The molecule has 1 fully saturated rings. The van der Waals surface area contributed by atoms with Crippen molar-refractivity contribution in [3.8, 4) is 5.69 Å². The number of benzene rings is 1. The second kappa shape index (κ2) is 4.67. The molecule has 1 saturated heterocycles. The summed E-state index contributed by atoms with van der Waals surface area (Å²) >= 11 is 0. The van der Waals surface area contributed by atoms with Crippen LogP contribution in [0.4, 0.5) is 0 Å². The van der Waals surface area contributed by atoms with Gasteiger partial charge in [-0.3, -0.25) is 4.57 Å². The van der Waals surface area contributed by atoms with E-state index >= 15 is 0 Å². The Morgan fingerprint density at radius 3 is 2.94 bits per heavy atom. The van der Waals surface area contributed by atoms with Crippen molar-refractivity contribution in [2.45, 2.75) is 25.3 Å². The molecule has 1 aliphatic heterocycles. The van der Waals surface area contributed by atoms with E-state index in [4.69, 9.17) is 0 Å². The average molecular weight is 228 g/mol. The lowest BCUT2D eigenvalue weighted by Crippen LogP contribution is -2.25. The Kier molecular flexibility index (Phi) is 2.88. The summed E-state index contributed by atoms with van der Waals surface area (Å²) in [6, 6.07) is 10.8. The molecule has 1 unspecified atom stereocenters. The van der Waals surface area contributed by atoms with E-state index in [1.165, 1.54) is 12.8 Å². The first kappa shape index (κ1) is 10.5. The fraction of sp³-hybridized carbons (Fsp3) is 0.385. The van der Waals surface area contributed by atoms with Crippen LogP contribution in [-0.4, -0.2) is 27.4 Å². The van der Waals surface area contributed by atoms with Gasteiger partial charge in [-0.15, -0.1) is 10.2 Å². The van der Waals surface area contributed by atoms with Gasteiger partial charge < -0.3 is 5.32 Å². The van der Waals surface area contributed by atoms with Gasteiger partial charge in [-0.2, -0.15) is 0 Å². The molecule has 0 radical (unpaired) electrons. The highest BCUT2D eigenvalue weighted by Gasteiger charge is 2.17. The van der Waals surface area contributed by atoms with Crippen LogP contribution in [0.5, 0.6) is 0 Å². The van der Waals surface area contributed by atoms with Gasteiger partial charge in [0.25, 0.3) is 0 Å². The van der Waals surface area contributed by atoms with Crippen LogP contribution in [0.3, 0.4) is 0 Å². The van der Waals surface area contributed by atoms with Gasteiger partial charge in [0.2, 0.25) is 0 Å². The molecule has 4 heteroatoms. The summed E-state index contributed by atoms with van der Waals surface area (Å²) in [6.07, 6.45) is 5.25. The van der Waals surface area contributed by atoms with Crippen molar-refractivity contribution in [2.75, 3.05) is 6.54 Å². The second-order valence-electron chi connectivity index (χ2n) is 4.45. The molecule has 0 spiro atoms. The molecule has 1 aromatic heterocycles. The number of hydrogen-bond donors (Lipinski definition) is 1. The number of nitrogens with zero attached hydrogens (tertiary/aromatic N) is 3. The molecule has 3 rings (SSSR count). The van der Waals surface area contributed by atoms with Crippen molar-refractivity contribution in [2.24, 2.45) is 0 Å². The van der Waals surface area contributed by atoms with Crippen LogP contribution >= 0.6 is 0 Å². The first-order chi connectivity index (χ1) is 8.43. The second-order valence-corrected chi connectivity index (χ2v) is 4.45. The first-order valence-electron chi connectivity index (χ1n) is 6.11. The van der Waals surface area contributed by atoms with E-state index in [-0.39, 0.29) is 0 Å². The topological polar surface area (TPSA) is 42.7 Å². The summed E-state index contributed by atoms with van der Waals surface area (Å²) in [5.41, 5.74) is 1.13. The van der Waals surface area contributed by atoms with E-state index in [0.29, 0.717) is 6.04 Å². The van der Waals surface area contributed by atoms with Crippen LogP contribution in [0.25, 0.3) is 5.69 Å². The Morgan fingerprint density at radius 1 is 1.29 bits per heavy atom. The molecule has 0 saturated carbocycles. The Balaban J connectivity index is 1.84. The zero-order chi connectivity index (χ0) is 11.5. The van der Waals surface area contributed by atoms with Gasteiger partial charge in [-0.1, -0.05) is 18.2 Å². The van der Waals surface area contributed by atoms with Gasteiger partial charge in [-0.05, 0) is 31.5 Å². The number of nitrogens with one attached hydrogen (secondary N) is 1. The molecule has 2 heterocycles. The Bertz CT molecular complexity index is 471. The Labute approximate surface area is 101 Å². The predicted molar refractivity (Wildman–Crippen MR) is 66.1 cm³/mol. The van der Waals surface area contributed by atoms with Crippen LogP contribution in [0.2, 0.25) is 0 Å². The lowest BCUT2D eigenvalue weighted by molar-refractivity contribution is 0.579. The number of aromatic nitrogens is 3. The molecule has 17 heavy (non-hydrogen) atoms. The molecule has 0 amide bonds. The van der Waals surface area contributed by atoms with Crippen LogP contribution in [0, 0.1) is 0 Å². The van der Waals surface area contributed by atoms with E-state index in [1.807, 2.05) is 18.2 Å². The lowest BCUT2D eigenvalue weighted by Gasteiger charge is -2.11. The monoisotopic (exact) mass is 228 g/mol. The molecule has 88 valence electrons. The Hall–Kier alpha value is -1.68. The standard InChI is InChI=1S/C13H16N4/c1-2-6-12(7-3-1)17-10-15-16-13(17)9-11-5-4-8-14-11/h1-3,6-7,10-11,14H,4-5,8-9H2. The van der Waals surface area contributed by atoms with Gasteiger partial charge in [0.05, 0.1) is 0 Å². The summed E-state index contributed by atoms with van der Waals surface area (Å²) in [7, 11) is 0. The maximum absolute atomic E-state index is 4.23. The fourth-order valence-corrected chi connectivity index (χ4v) is 2.35. The normalized spacial score (nSPS) is 19.6.